The van der Waals surface area contributed by atoms with E-state index in [0.717, 1.165) is 30.9 Å². The number of fused-ring (bicyclic) bond motifs is 1. The van der Waals surface area contributed by atoms with E-state index in [0.29, 0.717) is 26.3 Å². The molecule has 4 rings (SSSR count). The van der Waals surface area contributed by atoms with Gasteiger partial charge in [0, 0.05) is 43.8 Å². The van der Waals surface area contributed by atoms with Gasteiger partial charge in [0.25, 0.3) is 0 Å². The zero-order valence-corrected chi connectivity index (χ0v) is 18.0. The fourth-order valence-corrected chi connectivity index (χ4v) is 4.72. The third-order valence-corrected chi connectivity index (χ3v) is 6.64. The highest BCUT2D eigenvalue weighted by molar-refractivity contribution is 7.09. The van der Waals surface area contributed by atoms with Crippen molar-refractivity contribution in [3.05, 3.63) is 51.7 Å². The second-order valence-corrected chi connectivity index (χ2v) is 8.73. The fraction of sp³-hybridized carbons (Fsp3) is 0.455. The minimum Gasteiger partial charge on any atom is -0.379 e. The number of amides is 2. The monoisotopic (exact) mass is 428 g/mol. The number of nitrogens with one attached hydrogen (secondary N) is 2. The first-order valence-electron chi connectivity index (χ1n) is 10.4. The number of hydrogen-bond donors (Lipinski definition) is 2. The molecular formula is C22H28N4O3S. The van der Waals surface area contributed by atoms with Gasteiger partial charge >= 0.3 is 11.8 Å². The van der Waals surface area contributed by atoms with Crippen LogP contribution in [0, 0.1) is 0 Å². The lowest BCUT2D eigenvalue weighted by Gasteiger charge is -2.35. The molecule has 8 heteroatoms. The third kappa shape index (κ3) is 4.83. The SMILES string of the molecule is CN1CCc2cc(C(CNC(=O)C(=O)NCc3cccs3)N3CCOCC3)ccc21. The highest BCUT2D eigenvalue weighted by atomic mass is 32.1. The molecule has 1 fully saturated rings. The van der Waals surface area contributed by atoms with Gasteiger partial charge in [-0.3, -0.25) is 14.5 Å². The van der Waals surface area contributed by atoms with Crippen LogP contribution >= 0.6 is 11.3 Å². The van der Waals surface area contributed by atoms with Gasteiger partial charge in [0.15, 0.2) is 0 Å². The number of carbonyl (C=O) groups is 2. The molecule has 0 saturated carbocycles. The minimum atomic E-state index is -0.597. The Morgan fingerprint density at radius 2 is 1.93 bits per heavy atom. The average molecular weight is 429 g/mol. The second kappa shape index (κ2) is 9.59. The van der Waals surface area contributed by atoms with E-state index in [1.807, 2.05) is 17.5 Å². The number of ether oxygens (including phenoxy) is 1. The van der Waals surface area contributed by atoms with Crippen molar-refractivity contribution in [3.63, 3.8) is 0 Å². The Morgan fingerprint density at radius 3 is 2.70 bits per heavy atom. The molecule has 1 aromatic carbocycles. The predicted molar refractivity (Wildman–Crippen MR) is 118 cm³/mol. The van der Waals surface area contributed by atoms with Crippen molar-refractivity contribution in [2.45, 2.75) is 19.0 Å². The summed E-state index contributed by atoms with van der Waals surface area (Å²) in [6, 6.07) is 10.4. The molecule has 3 heterocycles. The van der Waals surface area contributed by atoms with Crippen molar-refractivity contribution < 1.29 is 14.3 Å². The third-order valence-electron chi connectivity index (χ3n) is 5.77. The van der Waals surface area contributed by atoms with Crippen LogP contribution in [0.15, 0.2) is 35.7 Å². The Morgan fingerprint density at radius 1 is 1.13 bits per heavy atom. The largest absolute Gasteiger partial charge is 0.379 e. The van der Waals surface area contributed by atoms with Gasteiger partial charge in [0.1, 0.15) is 0 Å². The zero-order valence-electron chi connectivity index (χ0n) is 17.2. The van der Waals surface area contributed by atoms with Crippen LogP contribution in [-0.4, -0.2) is 63.2 Å². The molecule has 1 saturated heterocycles. The summed E-state index contributed by atoms with van der Waals surface area (Å²) in [5, 5.41) is 7.48. The molecule has 2 N–H and O–H groups in total. The van der Waals surface area contributed by atoms with Gasteiger partial charge in [0.2, 0.25) is 0 Å². The second-order valence-electron chi connectivity index (χ2n) is 7.70. The van der Waals surface area contributed by atoms with Crippen molar-refractivity contribution in [3.8, 4) is 0 Å². The van der Waals surface area contributed by atoms with Crippen LogP contribution in [0.3, 0.4) is 0 Å². The lowest BCUT2D eigenvalue weighted by atomic mass is 10.0. The number of likely N-dealkylation sites (N-methyl/N-ethyl adjacent to an activating group) is 1. The number of benzene rings is 1. The Labute approximate surface area is 181 Å². The van der Waals surface area contributed by atoms with Gasteiger partial charge in [0.05, 0.1) is 25.8 Å². The average Bonchev–Trinajstić information content (AvgIpc) is 3.42. The van der Waals surface area contributed by atoms with Crippen LogP contribution in [0.5, 0.6) is 0 Å². The Hall–Kier alpha value is -2.42. The van der Waals surface area contributed by atoms with Crippen molar-refractivity contribution in [1.82, 2.24) is 15.5 Å². The van der Waals surface area contributed by atoms with Crippen molar-refractivity contribution in [2.24, 2.45) is 0 Å². The van der Waals surface area contributed by atoms with Crippen molar-refractivity contribution in [1.29, 1.82) is 0 Å². The van der Waals surface area contributed by atoms with Gasteiger partial charge in [-0.05, 0) is 35.1 Å². The molecule has 0 spiro atoms. The molecule has 1 aromatic heterocycles. The van der Waals surface area contributed by atoms with Crippen LogP contribution in [-0.2, 0) is 27.3 Å². The summed E-state index contributed by atoms with van der Waals surface area (Å²) in [5.74, 6) is -1.19. The van der Waals surface area contributed by atoms with Crippen molar-refractivity contribution in [2.75, 3.05) is 51.3 Å². The van der Waals surface area contributed by atoms with Crippen LogP contribution in [0.25, 0.3) is 0 Å². The zero-order chi connectivity index (χ0) is 20.9. The van der Waals surface area contributed by atoms with E-state index < -0.39 is 11.8 Å². The number of hydrogen-bond acceptors (Lipinski definition) is 6. The normalized spacial score (nSPS) is 17.4. The number of anilines is 1. The van der Waals surface area contributed by atoms with Crippen LogP contribution in [0.4, 0.5) is 5.69 Å². The molecule has 30 heavy (non-hydrogen) atoms. The summed E-state index contributed by atoms with van der Waals surface area (Å²) in [6.07, 6.45) is 1.03. The highest BCUT2D eigenvalue weighted by Gasteiger charge is 2.26. The maximum absolute atomic E-state index is 12.4. The van der Waals surface area contributed by atoms with E-state index in [1.54, 1.807) is 11.3 Å². The van der Waals surface area contributed by atoms with E-state index in [-0.39, 0.29) is 6.04 Å². The van der Waals surface area contributed by atoms with E-state index in [1.165, 1.54) is 16.8 Å². The quantitative estimate of drug-likeness (QED) is 0.683. The van der Waals surface area contributed by atoms with E-state index >= 15 is 0 Å². The smallest absolute Gasteiger partial charge is 0.309 e. The van der Waals surface area contributed by atoms with Crippen molar-refractivity contribution >= 4 is 28.8 Å². The Bertz CT molecular complexity index is 881. The summed E-state index contributed by atoms with van der Waals surface area (Å²) in [5.41, 5.74) is 3.79. The van der Waals surface area contributed by atoms with Crippen LogP contribution < -0.4 is 15.5 Å². The highest BCUT2D eigenvalue weighted by Crippen LogP contribution is 2.31. The van der Waals surface area contributed by atoms with Gasteiger partial charge < -0.3 is 20.3 Å². The van der Waals surface area contributed by atoms with Gasteiger partial charge in [-0.2, -0.15) is 0 Å². The fourth-order valence-electron chi connectivity index (χ4n) is 4.07. The van der Waals surface area contributed by atoms with Gasteiger partial charge in [-0.15, -0.1) is 11.3 Å². The summed E-state index contributed by atoms with van der Waals surface area (Å²) < 4.78 is 5.51. The summed E-state index contributed by atoms with van der Waals surface area (Å²) >= 11 is 1.55. The first-order valence-corrected chi connectivity index (χ1v) is 11.2. The summed E-state index contributed by atoms with van der Waals surface area (Å²) in [7, 11) is 2.11. The molecule has 160 valence electrons. The Kier molecular flexibility index (Phi) is 6.66. The molecule has 0 bridgehead atoms. The molecule has 2 aromatic rings. The molecule has 1 unspecified atom stereocenters. The first kappa shape index (κ1) is 20.8. The Balaban J connectivity index is 1.41. The van der Waals surface area contributed by atoms with Gasteiger partial charge in [-0.1, -0.05) is 18.2 Å². The molecular weight excluding hydrogens is 400 g/mol. The maximum Gasteiger partial charge on any atom is 0.309 e. The van der Waals surface area contributed by atoms with E-state index in [9.17, 15) is 9.59 Å². The molecule has 2 amide bonds. The standard InChI is InChI=1S/C22H28N4O3S/c1-25-7-6-17-13-16(4-5-19(17)25)20(26-8-10-29-11-9-26)15-24-22(28)21(27)23-14-18-3-2-12-30-18/h2-5,12-13,20H,6-11,14-15H2,1H3,(H,23,27)(H,24,28). The number of thiophene rings is 1. The minimum absolute atomic E-state index is 0.0131. The number of carbonyl (C=O) groups excluding carboxylic acids is 2. The maximum atomic E-state index is 12.4. The molecule has 0 aliphatic carbocycles. The van der Waals surface area contributed by atoms with Crippen LogP contribution in [0.1, 0.15) is 22.0 Å². The topological polar surface area (TPSA) is 73.9 Å². The predicted octanol–water partition coefficient (Wildman–Crippen LogP) is 1.55. The molecule has 0 radical (unpaired) electrons. The lowest BCUT2D eigenvalue weighted by molar-refractivity contribution is -0.139. The molecule has 2 aliphatic heterocycles. The number of morpholine rings is 1. The lowest BCUT2D eigenvalue weighted by Crippen LogP contribution is -2.46. The molecule has 1 atom stereocenters. The van der Waals surface area contributed by atoms with E-state index in [2.05, 4.69) is 45.7 Å². The first-order chi connectivity index (χ1) is 14.6. The van der Waals surface area contributed by atoms with E-state index in [4.69, 9.17) is 4.74 Å². The van der Waals surface area contributed by atoms with Gasteiger partial charge in [-0.25, -0.2) is 0 Å². The number of nitrogens with zero attached hydrogens (tertiary/aromatic N) is 2. The van der Waals surface area contributed by atoms with Crippen LogP contribution in [0.2, 0.25) is 0 Å². The molecule has 2 aliphatic rings. The summed E-state index contributed by atoms with van der Waals surface area (Å²) in [4.78, 5) is 30.2. The summed E-state index contributed by atoms with van der Waals surface area (Å²) in [6.45, 7) is 4.76. The molecule has 7 nitrogen and oxygen atoms in total. The number of rotatable bonds is 6.